The fourth-order valence-corrected chi connectivity index (χ4v) is 1.75. The first-order valence-corrected chi connectivity index (χ1v) is 5.95. The van der Waals surface area contributed by atoms with Gasteiger partial charge in [0.15, 0.2) is 0 Å². The van der Waals surface area contributed by atoms with Gasteiger partial charge < -0.3 is 11.1 Å². The van der Waals surface area contributed by atoms with Crippen LogP contribution in [0.4, 0.5) is 10.1 Å². The van der Waals surface area contributed by atoms with Crippen LogP contribution in [-0.2, 0) is 0 Å². The molecule has 2 aromatic rings. The van der Waals surface area contributed by atoms with E-state index in [9.17, 15) is 14.0 Å². The van der Waals surface area contributed by atoms with Gasteiger partial charge >= 0.3 is 0 Å². The van der Waals surface area contributed by atoms with Crippen molar-refractivity contribution in [3.05, 3.63) is 65.0 Å². The average molecular weight is 272 g/mol. The number of primary amides is 1. The lowest BCUT2D eigenvalue weighted by atomic mass is 10.1. The van der Waals surface area contributed by atoms with Crippen LogP contribution in [0.25, 0.3) is 0 Å². The van der Waals surface area contributed by atoms with E-state index in [4.69, 9.17) is 5.73 Å². The van der Waals surface area contributed by atoms with Crippen LogP contribution in [0.2, 0.25) is 0 Å². The predicted octanol–water partition coefficient (Wildman–Crippen LogP) is 2.49. The first-order chi connectivity index (χ1) is 9.47. The molecule has 0 bridgehead atoms. The maximum absolute atomic E-state index is 13.7. The van der Waals surface area contributed by atoms with E-state index < -0.39 is 17.6 Å². The highest BCUT2D eigenvalue weighted by Crippen LogP contribution is 2.14. The third kappa shape index (κ3) is 3.00. The number of amides is 2. The Kier molecular flexibility index (Phi) is 3.79. The SMILES string of the molecule is Cc1ccc(C(=O)Nc2cccc(C(N)=O)c2)c(F)c1. The summed E-state index contributed by atoms with van der Waals surface area (Å²) in [5.41, 5.74) is 6.48. The summed E-state index contributed by atoms with van der Waals surface area (Å²) in [4.78, 5) is 23.0. The normalized spacial score (nSPS) is 10.1. The Hall–Kier alpha value is -2.69. The van der Waals surface area contributed by atoms with Crippen LogP contribution in [0.5, 0.6) is 0 Å². The van der Waals surface area contributed by atoms with Gasteiger partial charge in [-0.15, -0.1) is 0 Å². The van der Waals surface area contributed by atoms with Crippen molar-refractivity contribution in [2.24, 2.45) is 5.73 Å². The summed E-state index contributed by atoms with van der Waals surface area (Å²) in [6.07, 6.45) is 0. The second-order valence-electron chi connectivity index (χ2n) is 4.38. The molecule has 0 unspecified atom stereocenters. The van der Waals surface area contributed by atoms with Crippen molar-refractivity contribution < 1.29 is 14.0 Å². The summed E-state index contributed by atoms with van der Waals surface area (Å²) in [5, 5.41) is 2.53. The highest BCUT2D eigenvalue weighted by atomic mass is 19.1. The number of carbonyl (C=O) groups is 2. The Bertz CT molecular complexity index is 683. The van der Waals surface area contributed by atoms with Gasteiger partial charge in [0.25, 0.3) is 5.91 Å². The molecule has 2 amide bonds. The molecule has 0 aromatic heterocycles. The summed E-state index contributed by atoms with van der Waals surface area (Å²) in [7, 11) is 0. The number of halogens is 1. The van der Waals surface area contributed by atoms with Gasteiger partial charge in [0.2, 0.25) is 5.91 Å². The van der Waals surface area contributed by atoms with E-state index in [0.29, 0.717) is 5.69 Å². The van der Waals surface area contributed by atoms with Crippen molar-refractivity contribution in [2.45, 2.75) is 6.92 Å². The Balaban J connectivity index is 2.23. The van der Waals surface area contributed by atoms with Crippen molar-refractivity contribution in [3.63, 3.8) is 0 Å². The molecule has 5 heteroatoms. The third-order valence-corrected chi connectivity index (χ3v) is 2.77. The van der Waals surface area contributed by atoms with E-state index in [1.807, 2.05) is 0 Å². The van der Waals surface area contributed by atoms with Crippen LogP contribution < -0.4 is 11.1 Å². The lowest BCUT2D eigenvalue weighted by molar-refractivity contribution is 0.0995. The third-order valence-electron chi connectivity index (χ3n) is 2.77. The van der Waals surface area contributed by atoms with Gasteiger partial charge in [-0.1, -0.05) is 12.1 Å². The van der Waals surface area contributed by atoms with E-state index in [-0.39, 0.29) is 11.1 Å². The number of hydrogen-bond donors (Lipinski definition) is 2. The smallest absolute Gasteiger partial charge is 0.258 e. The van der Waals surface area contributed by atoms with Gasteiger partial charge in [-0.05, 0) is 42.8 Å². The molecule has 2 aromatic carbocycles. The lowest BCUT2D eigenvalue weighted by Gasteiger charge is -2.07. The first kappa shape index (κ1) is 13.7. The van der Waals surface area contributed by atoms with Crippen LogP contribution in [-0.4, -0.2) is 11.8 Å². The zero-order valence-corrected chi connectivity index (χ0v) is 10.8. The second-order valence-corrected chi connectivity index (χ2v) is 4.38. The fourth-order valence-electron chi connectivity index (χ4n) is 1.75. The zero-order valence-electron chi connectivity index (χ0n) is 10.8. The maximum atomic E-state index is 13.7. The minimum absolute atomic E-state index is 0.0555. The molecule has 102 valence electrons. The molecule has 0 aliphatic carbocycles. The van der Waals surface area contributed by atoms with Gasteiger partial charge in [0.05, 0.1) is 5.56 Å². The number of carbonyl (C=O) groups excluding carboxylic acids is 2. The molecule has 2 rings (SSSR count). The minimum atomic E-state index is -0.595. The molecule has 0 atom stereocenters. The molecule has 0 saturated heterocycles. The number of aryl methyl sites for hydroxylation is 1. The molecule has 0 radical (unpaired) electrons. The Morgan fingerprint density at radius 2 is 1.90 bits per heavy atom. The Morgan fingerprint density at radius 3 is 2.55 bits per heavy atom. The van der Waals surface area contributed by atoms with Gasteiger partial charge in [0.1, 0.15) is 5.82 Å². The van der Waals surface area contributed by atoms with Crippen LogP contribution in [0.1, 0.15) is 26.3 Å². The number of nitrogens with one attached hydrogen (secondary N) is 1. The highest BCUT2D eigenvalue weighted by molar-refractivity contribution is 6.05. The van der Waals surface area contributed by atoms with Gasteiger partial charge in [-0.3, -0.25) is 9.59 Å². The number of rotatable bonds is 3. The summed E-state index contributed by atoms with van der Waals surface area (Å²) < 4.78 is 13.7. The van der Waals surface area contributed by atoms with E-state index >= 15 is 0 Å². The van der Waals surface area contributed by atoms with Crippen molar-refractivity contribution >= 4 is 17.5 Å². The van der Waals surface area contributed by atoms with E-state index in [1.165, 1.54) is 24.3 Å². The Morgan fingerprint density at radius 1 is 1.15 bits per heavy atom. The molecule has 3 N–H and O–H groups in total. The predicted molar refractivity (Wildman–Crippen MR) is 74.1 cm³/mol. The van der Waals surface area contributed by atoms with Crippen molar-refractivity contribution in [3.8, 4) is 0 Å². The first-order valence-electron chi connectivity index (χ1n) is 5.95. The maximum Gasteiger partial charge on any atom is 0.258 e. The van der Waals surface area contributed by atoms with Crippen LogP contribution >= 0.6 is 0 Å². The minimum Gasteiger partial charge on any atom is -0.366 e. The van der Waals surface area contributed by atoms with Crippen LogP contribution in [0, 0.1) is 12.7 Å². The lowest BCUT2D eigenvalue weighted by Crippen LogP contribution is -2.15. The number of anilines is 1. The van der Waals surface area contributed by atoms with E-state index in [2.05, 4.69) is 5.32 Å². The summed E-state index contributed by atoms with van der Waals surface area (Å²) in [6.45, 7) is 1.74. The van der Waals surface area contributed by atoms with E-state index in [0.717, 1.165) is 5.56 Å². The quantitative estimate of drug-likeness (QED) is 0.901. The van der Waals surface area contributed by atoms with Gasteiger partial charge in [-0.2, -0.15) is 0 Å². The molecule has 0 aliphatic heterocycles. The van der Waals surface area contributed by atoms with Crippen molar-refractivity contribution in [1.29, 1.82) is 0 Å². The fraction of sp³-hybridized carbons (Fsp3) is 0.0667. The van der Waals surface area contributed by atoms with Gasteiger partial charge in [-0.25, -0.2) is 4.39 Å². The highest BCUT2D eigenvalue weighted by Gasteiger charge is 2.12. The molecule has 0 spiro atoms. The summed E-state index contributed by atoms with van der Waals surface area (Å²) in [6, 6.07) is 10.5. The average Bonchev–Trinajstić information content (AvgIpc) is 2.38. The molecular formula is C15H13FN2O2. The molecule has 4 nitrogen and oxygen atoms in total. The summed E-state index contributed by atoms with van der Waals surface area (Å²) in [5.74, 6) is -1.76. The topological polar surface area (TPSA) is 72.2 Å². The van der Waals surface area contributed by atoms with Crippen molar-refractivity contribution in [2.75, 3.05) is 5.32 Å². The zero-order chi connectivity index (χ0) is 14.7. The monoisotopic (exact) mass is 272 g/mol. The van der Waals surface area contributed by atoms with Gasteiger partial charge in [0, 0.05) is 11.3 Å². The number of benzene rings is 2. The van der Waals surface area contributed by atoms with Crippen LogP contribution in [0.3, 0.4) is 0 Å². The number of hydrogen-bond acceptors (Lipinski definition) is 2. The molecule has 0 aliphatic rings. The molecule has 0 heterocycles. The molecule has 20 heavy (non-hydrogen) atoms. The molecular weight excluding hydrogens is 259 g/mol. The van der Waals surface area contributed by atoms with Crippen molar-refractivity contribution in [1.82, 2.24) is 0 Å². The summed E-state index contributed by atoms with van der Waals surface area (Å²) >= 11 is 0. The standard InChI is InChI=1S/C15H13FN2O2/c1-9-5-6-12(13(16)7-9)15(20)18-11-4-2-3-10(8-11)14(17)19/h2-8H,1H3,(H2,17,19)(H,18,20). The van der Waals surface area contributed by atoms with E-state index in [1.54, 1.807) is 25.1 Å². The molecule has 0 saturated carbocycles. The largest absolute Gasteiger partial charge is 0.366 e. The van der Waals surface area contributed by atoms with Crippen LogP contribution in [0.15, 0.2) is 42.5 Å². The number of nitrogens with two attached hydrogens (primary N) is 1. The molecule has 0 fully saturated rings. The second kappa shape index (κ2) is 5.52. The Labute approximate surface area is 115 Å².